The summed E-state index contributed by atoms with van der Waals surface area (Å²) >= 11 is 0. The molecule has 0 aromatic carbocycles. The Kier molecular flexibility index (Phi) is 10.6. The first kappa shape index (κ1) is 38.1. The topological polar surface area (TPSA) is 77.9 Å². The van der Waals surface area contributed by atoms with Crippen LogP contribution in [0.3, 0.4) is 0 Å². The quantitative estimate of drug-likeness (QED) is 0.251. The largest absolute Gasteiger partial charge is 0.481 e. The number of halogens is 17. The van der Waals surface area contributed by atoms with Gasteiger partial charge in [-0.15, -0.1) is 0 Å². The van der Waals surface area contributed by atoms with Gasteiger partial charge in [0, 0.05) is 13.1 Å². The first-order chi connectivity index (χ1) is 17.2. The molecule has 0 fully saturated rings. The van der Waals surface area contributed by atoms with Gasteiger partial charge in [0.2, 0.25) is 0 Å². The van der Waals surface area contributed by atoms with Gasteiger partial charge in [-0.1, -0.05) is 0 Å². The van der Waals surface area contributed by atoms with E-state index in [1.165, 1.54) is 19.0 Å². The van der Waals surface area contributed by atoms with E-state index >= 15 is 0 Å². The number of aliphatic carboxylic acids is 1. The van der Waals surface area contributed by atoms with Gasteiger partial charge in [0.05, 0.1) is 6.42 Å². The van der Waals surface area contributed by atoms with Crippen molar-refractivity contribution in [3.05, 3.63) is 0 Å². The summed E-state index contributed by atoms with van der Waals surface area (Å²) in [5.41, 5.74) is 0. The summed E-state index contributed by atoms with van der Waals surface area (Å²) in [7, 11) is -5.03. The molecule has 0 aromatic heterocycles. The van der Waals surface area contributed by atoms with Crippen LogP contribution in [0, 0.1) is 0 Å². The summed E-state index contributed by atoms with van der Waals surface area (Å²) in [5, 5.41) is 0.828. The number of carboxylic acids is 1. The van der Waals surface area contributed by atoms with Crippen LogP contribution >= 0.6 is 0 Å². The van der Waals surface area contributed by atoms with Crippen molar-refractivity contribution in [2.75, 3.05) is 33.7 Å². The minimum Gasteiger partial charge on any atom is -0.481 e. The summed E-state index contributed by atoms with van der Waals surface area (Å²) in [6, 6.07) is 0. The molecule has 6 nitrogen and oxygen atoms in total. The van der Waals surface area contributed by atoms with Gasteiger partial charge in [-0.05, 0) is 27.1 Å². The number of sulfonamides is 1. The van der Waals surface area contributed by atoms with Crippen LogP contribution in [-0.4, -0.2) is 109 Å². The molecule has 0 rings (SSSR count). The lowest BCUT2D eigenvalue weighted by Crippen LogP contribution is -2.75. The Labute approximate surface area is 212 Å². The second-order valence-corrected chi connectivity index (χ2v) is 10.1. The highest BCUT2D eigenvalue weighted by Gasteiger charge is 2.96. The highest BCUT2D eigenvalue weighted by Crippen LogP contribution is 2.64. The first-order valence-electron chi connectivity index (χ1n) is 9.81. The van der Waals surface area contributed by atoms with E-state index in [2.05, 4.69) is 0 Å². The molecule has 24 heteroatoms. The SMILES string of the molecule is CN(C)CCCN(CCC(=O)O)S(=O)(=O)C(F)(F)C(F)(F)C(F)(F)C(F)(F)C(F)(F)C(F)(F)C(F)(F)C(F)(F)F. The monoisotopic (exact) mass is 656 g/mol. The normalized spacial score (nSPS) is 15.7. The Bertz CT molecular complexity index is 1010. The van der Waals surface area contributed by atoms with Crippen LogP contribution in [0.25, 0.3) is 0 Å². The molecule has 0 atom stereocenters. The van der Waals surface area contributed by atoms with Crippen LogP contribution in [-0.2, 0) is 14.8 Å². The zero-order valence-electron chi connectivity index (χ0n) is 19.4. The molecule has 40 heavy (non-hydrogen) atoms. The third kappa shape index (κ3) is 5.88. The van der Waals surface area contributed by atoms with Gasteiger partial charge >= 0.3 is 52.9 Å². The van der Waals surface area contributed by atoms with Crippen molar-refractivity contribution in [1.82, 2.24) is 9.21 Å². The van der Waals surface area contributed by atoms with Gasteiger partial charge < -0.3 is 10.0 Å². The molecule has 0 amide bonds. The van der Waals surface area contributed by atoms with E-state index in [-0.39, 0.29) is 6.54 Å². The predicted molar refractivity (Wildman–Crippen MR) is 96.6 cm³/mol. The molecule has 0 aliphatic heterocycles. The molecule has 240 valence electrons. The van der Waals surface area contributed by atoms with Crippen molar-refractivity contribution in [3.8, 4) is 0 Å². The molecule has 0 spiro atoms. The number of hydrogen-bond acceptors (Lipinski definition) is 4. The van der Waals surface area contributed by atoms with Crippen LogP contribution in [0.4, 0.5) is 74.6 Å². The smallest absolute Gasteiger partial charge is 0.460 e. The number of rotatable bonds is 15. The fourth-order valence-corrected chi connectivity index (χ4v) is 4.09. The number of alkyl halides is 17. The Balaban J connectivity index is 6.98. The lowest BCUT2D eigenvalue weighted by Gasteiger charge is -2.43. The summed E-state index contributed by atoms with van der Waals surface area (Å²) in [5.74, 6) is -54.2. The first-order valence-corrected chi connectivity index (χ1v) is 11.2. The number of hydrogen-bond donors (Lipinski definition) is 1. The summed E-state index contributed by atoms with van der Waals surface area (Å²) in [4.78, 5) is 11.8. The van der Waals surface area contributed by atoms with E-state index in [1.54, 1.807) is 0 Å². The second kappa shape index (κ2) is 11.1. The molecule has 0 radical (unpaired) electrons. The van der Waals surface area contributed by atoms with Crippen molar-refractivity contribution >= 4 is 16.0 Å². The molecule has 0 aromatic rings. The van der Waals surface area contributed by atoms with E-state index in [0.717, 1.165) is 0 Å². The van der Waals surface area contributed by atoms with E-state index in [1.807, 2.05) is 0 Å². The summed E-state index contributed by atoms with van der Waals surface area (Å²) in [6.07, 6.45) is -10.1. The van der Waals surface area contributed by atoms with Crippen LogP contribution in [0.1, 0.15) is 12.8 Å². The zero-order valence-corrected chi connectivity index (χ0v) is 20.3. The Morgan fingerprint density at radius 3 is 1.27 bits per heavy atom. The molecule has 0 heterocycles. The number of nitrogens with zero attached hydrogens (tertiary/aromatic N) is 2. The fourth-order valence-electron chi connectivity index (χ4n) is 2.61. The van der Waals surface area contributed by atoms with E-state index in [4.69, 9.17) is 5.11 Å². The maximum absolute atomic E-state index is 14.4. The van der Waals surface area contributed by atoms with Crippen LogP contribution in [0.2, 0.25) is 0 Å². The van der Waals surface area contributed by atoms with Crippen molar-refractivity contribution in [1.29, 1.82) is 0 Å². The van der Waals surface area contributed by atoms with Crippen molar-refractivity contribution in [3.63, 3.8) is 0 Å². The van der Waals surface area contributed by atoms with E-state index < -0.39 is 93.2 Å². The van der Waals surface area contributed by atoms with Crippen molar-refractivity contribution in [2.45, 2.75) is 59.8 Å². The highest BCUT2D eigenvalue weighted by atomic mass is 32.2. The van der Waals surface area contributed by atoms with E-state index in [0.29, 0.717) is 0 Å². The molecule has 0 aliphatic carbocycles. The maximum atomic E-state index is 14.4. The third-order valence-corrected chi connectivity index (χ3v) is 6.89. The number of carboxylic acid groups (broad SMARTS) is 1. The Hall–Kier alpha value is -1.85. The second-order valence-electron chi connectivity index (χ2n) is 8.17. The molecule has 0 bridgehead atoms. The van der Waals surface area contributed by atoms with Gasteiger partial charge in [-0.25, -0.2) is 8.42 Å². The van der Waals surface area contributed by atoms with Gasteiger partial charge in [0.25, 0.3) is 10.0 Å². The molecule has 0 saturated heterocycles. The lowest BCUT2D eigenvalue weighted by molar-refractivity contribution is -0.458. The van der Waals surface area contributed by atoms with E-state index in [9.17, 15) is 87.8 Å². The van der Waals surface area contributed by atoms with Crippen LogP contribution in [0.5, 0.6) is 0 Å². The predicted octanol–water partition coefficient (Wildman–Crippen LogP) is 5.01. The van der Waals surface area contributed by atoms with Crippen molar-refractivity contribution < 1.29 is 93.0 Å². The molecule has 0 unspecified atom stereocenters. The average Bonchev–Trinajstić information content (AvgIpc) is 2.73. The van der Waals surface area contributed by atoms with Gasteiger partial charge in [0.1, 0.15) is 0 Å². The van der Waals surface area contributed by atoms with Crippen LogP contribution in [0.15, 0.2) is 0 Å². The Morgan fingerprint density at radius 1 is 0.600 bits per heavy atom. The molecule has 0 saturated carbocycles. The Morgan fingerprint density at radius 2 is 0.950 bits per heavy atom. The molecule has 1 N–H and O–H groups in total. The molecular weight excluding hydrogens is 639 g/mol. The highest BCUT2D eigenvalue weighted by molar-refractivity contribution is 7.90. The van der Waals surface area contributed by atoms with Gasteiger partial charge in [-0.3, -0.25) is 4.79 Å². The third-order valence-electron chi connectivity index (χ3n) is 4.95. The minimum absolute atomic E-state index is 0.315. The van der Waals surface area contributed by atoms with Crippen LogP contribution < -0.4 is 0 Å². The fraction of sp³-hybridized carbons (Fsp3) is 0.938. The molecular formula is C16H17F17N2O4S. The minimum atomic E-state index is -8.93. The van der Waals surface area contributed by atoms with Gasteiger partial charge in [-0.2, -0.15) is 78.9 Å². The lowest BCUT2D eigenvalue weighted by atomic mass is 9.91. The standard InChI is InChI=1S/C16H17F17N2O4S/c1-34(2)5-3-6-35(7-4-8(36)37)40(38,39)16(32,33)14(27,28)12(23,24)10(19,20)9(17,18)11(21,22)13(25,26)15(29,30)31/h3-7H2,1-2H3,(H,36,37). The summed E-state index contributed by atoms with van der Waals surface area (Å²) in [6.45, 7) is -3.51. The average molecular weight is 656 g/mol. The number of carbonyl (C=O) groups is 1. The van der Waals surface area contributed by atoms with Crippen molar-refractivity contribution in [2.24, 2.45) is 0 Å². The molecule has 0 aliphatic rings. The zero-order chi connectivity index (χ0) is 32.8. The maximum Gasteiger partial charge on any atom is 0.460 e. The van der Waals surface area contributed by atoms with Gasteiger partial charge in [0.15, 0.2) is 0 Å². The summed E-state index contributed by atoms with van der Waals surface area (Å²) < 4.78 is 251.